The second kappa shape index (κ2) is 6.65. The van der Waals surface area contributed by atoms with Crippen LogP contribution in [0, 0.1) is 69.0 Å². The van der Waals surface area contributed by atoms with Crippen molar-refractivity contribution in [1.82, 2.24) is 0 Å². The summed E-state index contributed by atoms with van der Waals surface area (Å²) in [6.07, 6.45) is 33.5. The molecule has 10 rings (SSSR count). The number of rotatable bonds is 0. The first-order chi connectivity index (χ1) is 17.5. The molecule has 0 saturated heterocycles. The fourth-order valence-corrected chi connectivity index (χ4v) is 12.4. The summed E-state index contributed by atoms with van der Waals surface area (Å²) in [6.45, 7) is 0. The standard InChI is InChI=1S/2C17H20O/c2*18-15-16(9-11-1-3-13(16)7-11)5-6-17(15)10-12-2-4-14(17)8-12/h2*1-4,11-14H,5-10H2/t11-,12?,13-,14+,16+,17+;11-,12+,13-,14?,16+,17-/m00/s1. The number of carbonyl (C=O) groups excluding carboxylic acids is 2. The number of carbonyl (C=O) groups is 2. The van der Waals surface area contributed by atoms with E-state index in [1.165, 1.54) is 77.0 Å². The molecular weight excluding hydrogens is 440 g/mol. The highest BCUT2D eigenvalue weighted by Crippen LogP contribution is 2.70. The molecule has 6 fully saturated rings. The van der Waals surface area contributed by atoms with Crippen LogP contribution < -0.4 is 0 Å². The minimum absolute atomic E-state index is 0.0811. The summed E-state index contributed by atoms with van der Waals surface area (Å²) in [5, 5.41) is 0. The van der Waals surface area contributed by atoms with Gasteiger partial charge in [-0.1, -0.05) is 48.6 Å². The van der Waals surface area contributed by atoms with Crippen LogP contribution in [0.5, 0.6) is 0 Å². The highest BCUT2D eigenvalue weighted by molar-refractivity contribution is 5.95. The van der Waals surface area contributed by atoms with Crippen molar-refractivity contribution >= 4 is 11.6 Å². The van der Waals surface area contributed by atoms with E-state index in [9.17, 15) is 9.59 Å². The molecule has 8 bridgehead atoms. The van der Waals surface area contributed by atoms with Gasteiger partial charge >= 0.3 is 0 Å². The fourth-order valence-electron chi connectivity index (χ4n) is 12.4. The van der Waals surface area contributed by atoms with Crippen LogP contribution >= 0.6 is 0 Å². The van der Waals surface area contributed by atoms with E-state index in [0.717, 1.165) is 23.7 Å². The normalized spacial score (nSPS) is 59.0. The molecule has 0 aromatic heterocycles. The molecule has 4 spiro atoms. The van der Waals surface area contributed by atoms with Crippen molar-refractivity contribution in [3.05, 3.63) is 48.6 Å². The quantitative estimate of drug-likeness (QED) is 0.349. The van der Waals surface area contributed by atoms with Crippen LogP contribution in [0.3, 0.4) is 0 Å². The topological polar surface area (TPSA) is 34.1 Å². The molecule has 10 aliphatic carbocycles. The summed E-state index contributed by atoms with van der Waals surface area (Å²) in [5.74, 6) is 6.65. The molecule has 188 valence electrons. The van der Waals surface area contributed by atoms with Gasteiger partial charge in [0.15, 0.2) is 0 Å². The minimum atomic E-state index is 0.0811. The second-order valence-corrected chi connectivity index (χ2v) is 15.0. The van der Waals surface area contributed by atoms with E-state index < -0.39 is 0 Å². The van der Waals surface area contributed by atoms with Gasteiger partial charge in [-0.05, 0) is 124 Å². The molecule has 12 atom stereocenters. The number of hydrogen-bond acceptors (Lipinski definition) is 2. The molecule has 0 aromatic rings. The molecule has 10 aliphatic rings. The highest BCUT2D eigenvalue weighted by Gasteiger charge is 2.68. The average molecular weight is 481 g/mol. The summed E-state index contributed by atoms with van der Waals surface area (Å²) in [4.78, 5) is 26.5. The molecule has 2 heteroatoms. The van der Waals surface area contributed by atoms with Crippen LogP contribution in [0.4, 0.5) is 0 Å². The van der Waals surface area contributed by atoms with Gasteiger partial charge in [-0.2, -0.15) is 0 Å². The van der Waals surface area contributed by atoms with Crippen molar-refractivity contribution in [2.75, 3.05) is 0 Å². The van der Waals surface area contributed by atoms with Crippen molar-refractivity contribution < 1.29 is 9.59 Å². The third-order valence-electron chi connectivity index (χ3n) is 13.9. The van der Waals surface area contributed by atoms with Gasteiger partial charge in [0.1, 0.15) is 11.6 Å². The number of ketones is 2. The lowest BCUT2D eigenvalue weighted by molar-refractivity contribution is -0.137. The minimum Gasteiger partial charge on any atom is -0.298 e. The molecule has 0 aromatic carbocycles. The first-order valence-corrected chi connectivity index (χ1v) is 15.3. The molecule has 0 radical (unpaired) electrons. The van der Waals surface area contributed by atoms with E-state index >= 15 is 0 Å². The largest absolute Gasteiger partial charge is 0.298 e. The molecule has 0 N–H and O–H groups in total. The summed E-state index contributed by atoms with van der Waals surface area (Å²) in [6, 6.07) is 0. The zero-order valence-electron chi connectivity index (χ0n) is 21.5. The number of allylic oxidation sites excluding steroid dienone is 8. The zero-order valence-corrected chi connectivity index (χ0v) is 21.5. The van der Waals surface area contributed by atoms with Gasteiger partial charge in [0.05, 0.1) is 0 Å². The van der Waals surface area contributed by atoms with Gasteiger partial charge in [0.2, 0.25) is 0 Å². The van der Waals surface area contributed by atoms with E-state index in [1.54, 1.807) is 0 Å². The summed E-state index contributed by atoms with van der Waals surface area (Å²) >= 11 is 0. The number of hydrogen-bond donors (Lipinski definition) is 0. The average Bonchev–Trinajstić information content (AvgIpc) is 3.72. The Morgan fingerprint density at radius 2 is 0.667 bits per heavy atom. The summed E-state index contributed by atoms with van der Waals surface area (Å²) in [5.41, 5.74) is 0.324. The van der Waals surface area contributed by atoms with Crippen LogP contribution in [0.25, 0.3) is 0 Å². The molecule has 0 aliphatic heterocycles. The predicted molar refractivity (Wildman–Crippen MR) is 140 cm³/mol. The summed E-state index contributed by atoms with van der Waals surface area (Å²) in [7, 11) is 0. The third-order valence-corrected chi connectivity index (χ3v) is 13.9. The molecule has 6 saturated carbocycles. The molecular formula is C34H40O2. The Hall–Kier alpha value is -1.70. The second-order valence-electron chi connectivity index (χ2n) is 15.0. The van der Waals surface area contributed by atoms with Gasteiger partial charge in [-0.25, -0.2) is 0 Å². The molecule has 0 amide bonds. The van der Waals surface area contributed by atoms with Gasteiger partial charge in [0, 0.05) is 21.7 Å². The van der Waals surface area contributed by atoms with Gasteiger partial charge in [-0.15, -0.1) is 0 Å². The van der Waals surface area contributed by atoms with Gasteiger partial charge in [0.25, 0.3) is 0 Å². The summed E-state index contributed by atoms with van der Waals surface area (Å²) < 4.78 is 0. The highest BCUT2D eigenvalue weighted by atomic mass is 16.1. The first kappa shape index (κ1) is 21.3. The van der Waals surface area contributed by atoms with E-state index in [-0.39, 0.29) is 21.7 Å². The van der Waals surface area contributed by atoms with Crippen molar-refractivity contribution in [2.45, 2.75) is 77.0 Å². The maximum atomic E-state index is 13.3. The van der Waals surface area contributed by atoms with Crippen LogP contribution in [0.1, 0.15) is 77.0 Å². The maximum absolute atomic E-state index is 13.3. The Morgan fingerprint density at radius 1 is 0.417 bits per heavy atom. The Morgan fingerprint density at radius 3 is 0.833 bits per heavy atom. The van der Waals surface area contributed by atoms with E-state index in [0.29, 0.717) is 35.2 Å². The van der Waals surface area contributed by atoms with Crippen molar-refractivity contribution in [2.24, 2.45) is 69.0 Å². The van der Waals surface area contributed by atoms with E-state index in [2.05, 4.69) is 48.6 Å². The zero-order chi connectivity index (χ0) is 23.9. The smallest absolute Gasteiger partial charge is 0.146 e. The van der Waals surface area contributed by atoms with Crippen molar-refractivity contribution in [3.8, 4) is 0 Å². The van der Waals surface area contributed by atoms with Crippen LogP contribution in [0.15, 0.2) is 48.6 Å². The molecule has 0 heterocycles. The van der Waals surface area contributed by atoms with Gasteiger partial charge < -0.3 is 0 Å². The van der Waals surface area contributed by atoms with Crippen LogP contribution in [-0.4, -0.2) is 11.6 Å². The van der Waals surface area contributed by atoms with E-state index in [4.69, 9.17) is 0 Å². The first-order valence-electron chi connectivity index (χ1n) is 15.3. The lowest BCUT2D eigenvalue weighted by Crippen LogP contribution is -2.40. The lowest BCUT2D eigenvalue weighted by atomic mass is 9.66. The van der Waals surface area contributed by atoms with Crippen molar-refractivity contribution in [3.63, 3.8) is 0 Å². The number of fused-ring (bicyclic) bond motifs is 12. The van der Waals surface area contributed by atoms with E-state index in [1.807, 2.05) is 0 Å². The Labute approximate surface area is 215 Å². The fraction of sp³-hybridized carbons (Fsp3) is 0.706. The van der Waals surface area contributed by atoms with Crippen LogP contribution in [-0.2, 0) is 9.59 Å². The third kappa shape index (κ3) is 2.34. The van der Waals surface area contributed by atoms with Crippen LogP contribution in [0.2, 0.25) is 0 Å². The molecule has 36 heavy (non-hydrogen) atoms. The number of Topliss-reactive ketones (excluding diaryl/α,β-unsaturated/α-hetero) is 2. The monoisotopic (exact) mass is 480 g/mol. The Bertz CT molecular complexity index is 1010. The molecule has 2 unspecified atom stereocenters. The Balaban J connectivity index is 0.000000108. The van der Waals surface area contributed by atoms with Crippen molar-refractivity contribution in [1.29, 1.82) is 0 Å². The lowest BCUT2D eigenvalue weighted by Gasteiger charge is -2.35. The molecule has 2 nitrogen and oxygen atoms in total. The predicted octanol–water partition coefficient (Wildman–Crippen LogP) is 7.03. The SMILES string of the molecule is O=C1[C@@]2(CC[C@]13C[C@H]1C=C[C@H]3C1)C[C@@H]1C=CC2C1.O=C1[C@]2(CC[C@]13C[C@H]1C=C[C@H]3C1)CC1C=C[C@@H]2C1. The van der Waals surface area contributed by atoms with Gasteiger partial charge in [-0.3, -0.25) is 9.59 Å². The maximum Gasteiger partial charge on any atom is 0.146 e. The Kier molecular flexibility index (Phi) is 3.92.